The molecular weight excluding hydrogens is 628 g/mol. The molecular formula is C42H68N2O6. The lowest BCUT2D eigenvalue weighted by Crippen LogP contribution is -2.55. The maximum Gasteiger partial charge on any atom is 0.309 e. The second-order valence-electron chi connectivity index (χ2n) is 19.4. The van der Waals surface area contributed by atoms with E-state index in [9.17, 15) is 24.3 Å². The van der Waals surface area contributed by atoms with Gasteiger partial charge < -0.3 is 19.6 Å². The average Bonchev–Trinajstić information content (AvgIpc) is 3.43. The number of carboxylic acids is 1. The van der Waals surface area contributed by atoms with Gasteiger partial charge in [-0.25, -0.2) is 0 Å². The van der Waals surface area contributed by atoms with Crippen LogP contribution >= 0.6 is 0 Å². The van der Waals surface area contributed by atoms with Crippen molar-refractivity contribution >= 4 is 23.6 Å². The van der Waals surface area contributed by atoms with E-state index in [1.807, 2.05) is 4.90 Å². The summed E-state index contributed by atoms with van der Waals surface area (Å²) < 4.78 is 6.16. The lowest BCUT2D eigenvalue weighted by molar-refractivity contribution is -0.176. The molecule has 50 heavy (non-hydrogen) atoms. The number of carbonyl (C=O) groups excluding carboxylic acids is 3. The molecule has 7 atom stereocenters. The normalized spacial score (nSPS) is 36.7. The smallest absolute Gasteiger partial charge is 0.309 e. The summed E-state index contributed by atoms with van der Waals surface area (Å²) in [5.41, 5.74) is 0.870. The predicted octanol–water partition coefficient (Wildman–Crippen LogP) is 7.93. The number of amides is 1. The molecule has 1 heterocycles. The first-order valence-corrected chi connectivity index (χ1v) is 19.9. The van der Waals surface area contributed by atoms with Gasteiger partial charge in [-0.2, -0.15) is 0 Å². The third-order valence-corrected chi connectivity index (χ3v) is 15.3. The van der Waals surface area contributed by atoms with Crippen LogP contribution in [-0.2, 0) is 23.9 Å². The molecule has 3 saturated carbocycles. The number of rotatable bonds is 7. The van der Waals surface area contributed by atoms with Crippen LogP contribution in [0.4, 0.5) is 0 Å². The van der Waals surface area contributed by atoms with Crippen molar-refractivity contribution in [3.8, 4) is 0 Å². The largest absolute Gasteiger partial charge is 0.481 e. The number of ketones is 1. The second kappa shape index (κ2) is 14.0. The van der Waals surface area contributed by atoms with Crippen LogP contribution in [0, 0.1) is 50.7 Å². The summed E-state index contributed by atoms with van der Waals surface area (Å²) in [6.45, 7) is 22.5. The summed E-state index contributed by atoms with van der Waals surface area (Å²) in [7, 11) is 2.08. The van der Waals surface area contributed by atoms with Crippen molar-refractivity contribution in [2.24, 2.45) is 50.7 Å². The van der Waals surface area contributed by atoms with Gasteiger partial charge in [0.05, 0.1) is 17.3 Å². The van der Waals surface area contributed by atoms with Gasteiger partial charge in [-0.15, -0.1) is 0 Å². The Morgan fingerprint density at radius 3 is 2.18 bits per heavy atom. The lowest BCUT2D eigenvalue weighted by Gasteiger charge is -2.57. The molecule has 5 aliphatic rings. The van der Waals surface area contributed by atoms with Gasteiger partial charge in [0.2, 0.25) is 5.78 Å². The molecule has 8 nitrogen and oxygen atoms in total. The van der Waals surface area contributed by atoms with Crippen LogP contribution in [0.15, 0.2) is 11.1 Å². The zero-order chi connectivity index (χ0) is 37.0. The summed E-state index contributed by atoms with van der Waals surface area (Å²) in [5.74, 6) is -0.358. The molecule has 5 rings (SSSR count). The van der Waals surface area contributed by atoms with E-state index in [2.05, 4.69) is 60.4 Å². The van der Waals surface area contributed by atoms with Crippen LogP contribution in [-0.4, -0.2) is 77.9 Å². The number of likely N-dealkylation sites (N-methyl/N-ethyl adjacent to an activating group) is 1. The number of piperazine rings is 1. The minimum absolute atomic E-state index is 0.0291. The van der Waals surface area contributed by atoms with E-state index in [1.165, 1.54) is 11.1 Å². The fourth-order valence-corrected chi connectivity index (χ4v) is 11.6. The minimum atomic E-state index is -1.16. The third-order valence-electron chi connectivity index (χ3n) is 15.3. The summed E-state index contributed by atoms with van der Waals surface area (Å²) in [6.07, 6.45) is 10.1. The van der Waals surface area contributed by atoms with E-state index in [0.29, 0.717) is 36.8 Å². The van der Waals surface area contributed by atoms with Crippen LogP contribution in [0.2, 0.25) is 0 Å². The Morgan fingerprint density at radius 2 is 1.56 bits per heavy atom. The van der Waals surface area contributed by atoms with E-state index >= 15 is 0 Å². The summed E-state index contributed by atoms with van der Waals surface area (Å²) in [4.78, 5) is 57.4. The number of allylic oxidation sites excluding steroid dienone is 2. The molecule has 0 aromatic rings. The fraction of sp³-hybridized carbons (Fsp3) is 0.857. The van der Waals surface area contributed by atoms with Crippen molar-refractivity contribution in [1.29, 1.82) is 0 Å². The Balaban J connectivity index is 1.41. The summed E-state index contributed by atoms with van der Waals surface area (Å²) in [6, 6.07) is 0. The van der Waals surface area contributed by atoms with E-state index in [4.69, 9.17) is 4.74 Å². The van der Waals surface area contributed by atoms with Crippen LogP contribution in [0.25, 0.3) is 0 Å². The van der Waals surface area contributed by atoms with Gasteiger partial charge in [0.1, 0.15) is 6.10 Å². The molecule has 1 saturated heterocycles. The molecule has 1 aliphatic heterocycles. The van der Waals surface area contributed by atoms with Gasteiger partial charge in [0.25, 0.3) is 5.91 Å². The number of fused-ring (bicyclic) bond motifs is 4. The Bertz CT molecular complexity index is 1370. The summed E-state index contributed by atoms with van der Waals surface area (Å²) >= 11 is 0. The third kappa shape index (κ3) is 6.85. The maximum absolute atomic E-state index is 14.6. The first kappa shape index (κ1) is 39.0. The number of carboxylic acid groups (broad SMARTS) is 1. The van der Waals surface area contributed by atoms with Crippen LogP contribution < -0.4 is 0 Å². The average molecular weight is 697 g/mol. The molecule has 4 aliphatic carbocycles. The molecule has 7 unspecified atom stereocenters. The zero-order valence-corrected chi connectivity index (χ0v) is 33.1. The number of ether oxygens (including phenoxy) is 1. The second-order valence-corrected chi connectivity index (χ2v) is 19.4. The molecule has 0 aromatic carbocycles. The van der Waals surface area contributed by atoms with E-state index in [0.717, 1.165) is 83.7 Å². The number of esters is 1. The highest BCUT2D eigenvalue weighted by atomic mass is 16.5. The highest BCUT2D eigenvalue weighted by Gasteiger charge is 2.60. The Hall–Kier alpha value is -2.22. The maximum atomic E-state index is 14.6. The molecule has 0 bridgehead atoms. The van der Waals surface area contributed by atoms with Gasteiger partial charge >= 0.3 is 11.9 Å². The van der Waals surface area contributed by atoms with Gasteiger partial charge in [-0.05, 0) is 120 Å². The number of hydrogen-bond donors (Lipinski definition) is 1. The highest BCUT2D eigenvalue weighted by Crippen LogP contribution is 2.66. The van der Waals surface area contributed by atoms with Crippen molar-refractivity contribution in [2.75, 3.05) is 33.2 Å². The lowest BCUT2D eigenvalue weighted by atomic mass is 9.47. The first-order valence-electron chi connectivity index (χ1n) is 19.9. The minimum Gasteiger partial charge on any atom is -0.481 e. The van der Waals surface area contributed by atoms with E-state index < -0.39 is 22.8 Å². The van der Waals surface area contributed by atoms with E-state index in [1.54, 1.807) is 13.8 Å². The molecule has 1 amide bonds. The first-order chi connectivity index (χ1) is 23.2. The van der Waals surface area contributed by atoms with Gasteiger partial charge in [0, 0.05) is 31.6 Å². The fourth-order valence-electron chi connectivity index (χ4n) is 11.6. The number of nitrogens with zero attached hydrogens (tertiary/aromatic N) is 2. The van der Waals surface area contributed by atoms with Crippen LogP contribution in [0.3, 0.4) is 0 Å². The Morgan fingerprint density at radius 1 is 0.900 bits per heavy atom. The zero-order valence-electron chi connectivity index (χ0n) is 33.1. The van der Waals surface area contributed by atoms with E-state index in [-0.39, 0.29) is 40.5 Å². The van der Waals surface area contributed by atoms with Gasteiger partial charge in [-0.3, -0.25) is 19.2 Å². The molecule has 0 radical (unpaired) electrons. The summed E-state index contributed by atoms with van der Waals surface area (Å²) in [5, 5.41) is 9.60. The molecule has 4 fully saturated rings. The van der Waals surface area contributed by atoms with Gasteiger partial charge in [0.15, 0.2) is 0 Å². The number of Topliss-reactive ketones (excluding diaryl/α,β-unsaturated/α-hetero) is 1. The quantitative estimate of drug-likeness (QED) is 0.164. The molecule has 0 spiro atoms. The number of hydrogen-bond acceptors (Lipinski definition) is 6. The topological polar surface area (TPSA) is 104 Å². The van der Waals surface area contributed by atoms with Crippen molar-refractivity contribution in [1.82, 2.24) is 9.80 Å². The highest BCUT2D eigenvalue weighted by molar-refractivity contribution is 6.39. The molecule has 0 aromatic heterocycles. The number of aliphatic carboxylic acids is 1. The number of carbonyl (C=O) groups is 4. The standard InChI is InChI=1S/C42H68N2O6/c1-27(2)29-15-19-42(35(46)36(47)44-24-22-43(10)23-25-44)21-20-41(9)28(3)13-14-31-39(6,7)32(50-33(45)26-38(4,5)37(48)49)16-18-40(31,8)17-11-12-30(41)34(29)42/h27-28,30-32H,11-26H2,1-10H3,(H,48,49). The predicted molar refractivity (Wildman–Crippen MR) is 196 cm³/mol. The molecule has 8 heteroatoms. The van der Waals surface area contributed by atoms with Crippen LogP contribution in [0.5, 0.6) is 0 Å². The van der Waals surface area contributed by atoms with Crippen molar-refractivity contribution in [3.05, 3.63) is 11.1 Å². The van der Waals surface area contributed by atoms with Crippen molar-refractivity contribution in [3.63, 3.8) is 0 Å². The Kier molecular flexibility index (Phi) is 10.9. The Labute approximate surface area is 302 Å². The van der Waals surface area contributed by atoms with Crippen molar-refractivity contribution < 1.29 is 29.0 Å². The van der Waals surface area contributed by atoms with Crippen molar-refractivity contribution in [2.45, 2.75) is 145 Å². The van der Waals surface area contributed by atoms with Crippen LogP contribution in [0.1, 0.15) is 139 Å². The monoisotopic (exact) mass is 697 g/mol. The van der Waals surface area contributed by atoms with Gasteiger partial charge in [-0.1, -0.05) is 66.0 Å². The SMILES string of the molecule is CC(C)C1=C2C3CCCC4(C)CCC(OC(=O)CC(C)(C)C(=O)O)C(C)(C)C4CCC(C)C3(C)CCC2(C(=O)C(=O)N2CCN(C)CC2)CC1. The molecule has 282 valence electrons. The molecule has 1 N–H and O–H groups in total.